The fourth-order valence-corrected chi connectivity index (χ4v) is 2.36. The molecule has 0 fully saturated rings. The number of halogens is 1. The molecule has 0 heterocycles. The van der Waals surface area contributed by atoms with Crippen molar-refractivity contribution >= 4 is 35.8 Å². The molecule has 0 aromatic heterocycles. The quantitative estimate of drug-likeness (QED) is 0.286. The summed E-state index contributed by atoms with van der Waals surface area (Å²) in [5.74, 6) is 1.29. The third-order valence-electron chi connectivity index (χ3n) is 4.02. The van der Waals surface area contributed by atoms with Gasteiger partial charge in [0.1, 0.15) is 6.54 Å². The van der Waals surface area contributed by atoms with E-state index in [1.165, 1.54) is 5.56 Å². The molecule has 0 unspecified atom stereocenters. The first-order valence-corrected chi connectivity index (χ1v) is 9.02. The molecule has 1 rings (SSSR count). The van der Waals surface area contributed by atoms with Crippen LogP contribution in [0.3, 0.4) is 0 Å². The van der Waals surface area contributed by atoms with Gasteiger partial charge in [-0.1, -0.05) is 57.0 Å². The third kappa shape index (κ3) is 11.0. The van der Waals surface area contributed by atoms with Crippen molar-refractivity contribution in [3.05, 3.63) is 35.9 Å². The highest BCUT2D eigenvalue weighted by Gasteiger charge is 2.06. The Morgan fingerprint density at radius 2 is 1.72 bits per heavy atom. The van der Waals surface area contributed by atoms with Crippen LogP contribution in [0.15, 0.2) is 35.3 Å². The molecule has 0 aliphatic carbocycles. The number of hydrogen-bond donors (Lipinski definition) is 3. The first kappa shape index (κ1) is 23.7. The van der Waals surface area contributed by atoms with Crippen LogP contribution in [0.4, 0.5) is 0 Å². The van der Waals surface area contributed by atoms with Crippen LogP contribution in [-0.2, 0) is 11.2 Å². The molecular weight excluding hydrogens is 427 g/mol. The fourth-order valence-electron chi connectivity index (χ4n) is 2.36. The van der Waals surface area contributed by atoms with E-state index >= 15 is 0 Å². The van der Waals surface area contributed by atoms with E-state index < -0.39 is 0 Å². The van der Waals surface area contributed by atoms with Crippen molar-refractivity contribution in [2.24, 2.45) is 10.9 Å². The lowest BCUT2D eigenvalue weighted by Gasteiger charge is -2.16. The Kier molecular flexibility index (Phi) is 14.2. The molecule has 5 nitrogen and oxygen atoms in total. The van der Waals surface area contributed by atoms with Crippen LogP contribution < -0.4 is 16.0 Å². The smallest absolute Gasteiger partial charge is 0.241 e. The lowest BCUT2D eigenvalue weighted by molar-refractivity contribution is -0.119. The van der Waals surface area contributed by atoms with Gasteiger partial charge in [-0.3, -0.25) is 4.79 Å². The first-order valence-electron chi connectivity index (χ1n) is 9.02. The molecule has 6 heteroatoms. The molecule has 0 radical (unpaired) electrons. The van der Waals surface area contributed by atoms with Crippen LogP contribution in [0.25, 0.3) is 0 Å². The zero-order chi connectivity index (χ0) is 17.6. The predicted octanol–water partition coefficient (Wildman–Crippen LogP) is 2.95. The molecule has 0 bridgehead atoms. The molecule has 0 saturated heterocycles. The zero-order valence-electron chi connectivity index (χ0n) is 15.7. The van der Waals surface area contributed by atoms with Gasteiger partial charge in [-0.05, 0) is 24.8 Å². The highest BCUT2D eigenvalue weighted by molar-refractivity contribution is 14.0. The van der Waals surface area contributed by atoms with Crippen LogP contribution in [-0.4, -0.2) is 38.0 Å². The molecule has 1 aromatic rings. The third-order valence-corrected chi connectivity index (χ3v) is 4.02. The summed E-state index contributed by atoms with van der Waals surface area (Å²) in [4.78, 5) is 16.3. The monoisotopic (exact) mass is 460 g/mol. The van der Waals surface area contributed by atoms with Crippen molar-refractivity contribution in [1.82, 2.24) is 16.0 Å². The van der Waals surface area contributed by atoms with Gasteiger partial charge >= 0.3 is 0 Å². The number of rotatable bonds is 10. The number of benzene rings is 1. The fraction of sp³-hybridized carbons (Fsp3) is 0.579. The second-order valence-electron chi connectivity index (χ2n) is 5.84. The number of aliphatic imine (C=N–C) groups is 1. The Labute approximate surface area is 169 Å². The number of carbonyl (C=O) groups is 1. The Morgan fingerprint density at radius 1 is 1.04 bits per heavy atom. The Bertz CT molecular complexity index is 489. The summed E-state index contributed by atoms with van der Waals surface area (Å²) in [6.45, 7) is 8.86. The van der Waals surface area contributed by atoms with Crippen molar-refractivity contribution in [3.63, 3.8) is 0 Å². The normalized spacial score (nSPS) is 11.0. The summed E-state index contributed by atoms with van der Waals surface area (Å²) in [7, 11) is 0. The molecule has 3 N–H and O–H groups in total. The van der Waals surface area contributed by atoms with Crippen molar-refractivity contribution in [2.75, 3.05) is 26.2 Å². The Balaban J connectivity index is 0.00000576. The van der Waals surface area contributed by atoms with Crippen LogP contribution >= 0.6 is 24.0 Å². The van der Waals surface area contributed by atoms with E-state index in [4.69, 9.17) is 0 Å². The van der Waals surface area contributed by atoms with E-state index in [1.807, 2.05) is 25.1 Å². The zero-order valence-corrected chi connectivity index (χ0v) is 18.0. The van der Waals surface area contributed by atoms with Crippen molar-refractivity contribution in [3.8, 4) is 0 Å². The minimum atomic E-state index is -0.0503. The molecule has 0 spiro atoms. The molecular formula is C19H33IN4O. The van der Waals surface area contributed by atoms with Gasteiger partial charge in [0.25, 0.3) is 0 Å². The summed E-state index contributed by atoms with van der Waals surface area (Å²) in [6, 6.07) is 10.1. The van der Waals surface area contributed by atoms with Crippen molar-refractivity contribution in [1.29, 1.82) is 0 Å². The topological polar surface area (TPSA) is 65.5 Å². The summed E-state index contributed by atoms with van der Waals surface area (Å²) in [6.07, 6.45) is 3.12. The van der Waals surface area contributed by atoms with Gasteiger partial charge in [0, 0.05) is 19.6 Å². The maximum Gasteiger partial charge on any atom is 0.241 e. The number of nitrogens with zero attached hydrogens (tertiary/aromatic N) is 1. The van der Waals surface area contributed by atoms with E-state index in [9.17, 15) is 4.79 Å². The molecule has 0 saturated carbocycles. The Hall–Kier alpha value is -1.31. The number of guanidine groups is 1. The van der Waals surface area contributed by atoms with E-state index in [1.54, 1.807) is 0 Å². The lowest BCUT2D eigenvalue weighted by atomic mass is 10.0. The van der Waals surface area contributed by atoms with Crippen molar-refractivity contribution < 1.29 is 4.79 Å². The van der Waals surface area contributed by atoms with Gasteiger partial charge < -0.3 is 16.0 Å². The van der Waals surface area contributed by atoms with Gasteiger partial charge in [0.2, 0.25) is 5.91 Å². The van der Waals surface area contributed by atoms with Crippen LogP contribution in [0.2, 0.25) is 0 Å². The van der Waals surface area contributed by atoms with Gasteiger partial charge in [0.05, 0.1) is 0 Å². The summed E-state index contributed by atoms with van der Waals surface area (Å²) in [5, 5.41) is 9.42. The summed E-state index contributed by atoms with van der Waals surface area (Å²) in [5.41, 5.74) is 1.22. The van der Waals surface area contributed by atoms with E-state index in [0.29, 0.717) is 18.4 Å². The van der Waals surface area contributed by atoms with Crippen LogP contribution in [0.5, 0.6) is 0 Å². The predicted molar refractivity (Wildman–Crippen MR) is 117 cm³/mol. The molecule has 0 aliphatic rings. The second kappa shape index (κ2) is 15.0. The van der Waals surface area contributed by atoms with Gasteiger partial charge in [-0.15, -0.1) is 24.0 Å². The number of hydrogen-bond acceptors (Lipinski definition) is 2. The van der Waals surface area contributed by atoms with Gasteiger partial charge in [-0.2, -0.15) is 0 Å². The minimum Gasteiger partial charge on any atom is -0.357 e. The number of amides is 1. The molecule has 0 aliphatic heterocycles. The summed E-state index contributed by atoms with van der Waals surface area (Å²) < 4.78 is 0. The molecule has 1 amide bonds. The van der Waals surface area contributed by atoms with E-state index in [0.717, 1.165) is 32.4 Å². The van der Waals surface area contributed by atoms with Gasteiger partial charge in [0.15, 0.2) is 5.96 Å². The molecule has 25 heavy (non-hydrogen) atoms. The standard InChI is InChI=1S/C19H32N4O.HI/c1-4-16(5-2)14-22-19(20-6-3)23-15-18(24)21-13-12-17-10-8-7-9-11-17;/h7-11,16H,4-6,12-15H2,1-3H3,(H,21,24)(H2,20,22,23);1H. The average molecular weight is 460 g/mol. The molecule has 1 aromatic carbocycles. The largest absolute Gasteiger partial charge is 0.357 e. The first-order chi connectivity index (χ1) is 11.7. The summed E-state index contributed by atoms with van der Waals surface area (Å²) >= 11 is 0. The van der Waals surface area contributed by atoms with Crippen LogP contribution in [0.1, 0.15) is 39.2 Å². The SMILES string of the molecule is CCNC(=NCC(=O)NCCc1ccccc1)NCC(CC)CC.I. The maximum absolute atomic E-state index is 11.9. The molecule has 142 valence electrons. The Morgan fingerprint density at radius 3 is 2.32 bits per heavy atom. The van der Waals surface area contributed by atoms with E-state index in [2.05, 4.69) is 46.9 Å². The second-order valence-corrected chi connectivity index (χ2v) is 5.84. The van der Waals surface area contributed by atoms with Crippen molar-refractivity contribution in [2.45, 2.75) is 40.0 Å². The van der Waals surface area contributed by atoms with Crippen LogP contribution in [0, 0.1) is 5.92 Å². The van der Waals surface area contributed by atoms with E-state index in [-0.39, 0.29) is 36.4 Å². The average Bonchev–Trinajstić information content (AvgIpc) is 2.61. The number of nitrogens with one attached hydrogen (secondary N) is 3. The highest BCUT2D eigenvalue weighted by Crippen LogP contribution is 2.04. The maximum atomic E-state index is 11.9. The minimum absolute atomic E-state index is 0. The lowest BCUT2D eigenvalue weighted by Crippen LogP contribution is -2.40. The molecule has 0 atom stereocenters. The highest BCUT2D eigenvalue weighted by atomic mass is 127. The number of carbonyl (C=O) groups excluding carboxylic acids is 1. The van der Waals surface area contributed by atoms with Gasteiger partial charge in [-0.25, -0.2) is 4.99 Å².